The number of hydrogen-bond donors (Lipinski definition) is 0. The lowest BCUT2D eigenvalue weighted by Crippen LogP contribution is -2.25. The highest BCUT2D eigenvalue weighted by molar-refractivity contribution is 5.92. The van der Waals surface area contributed by atoms with Crippen molar-refractivity contribution < 1.29 is 19.2 Å². The third-order valence-corrected chi connectivity index (χ3v) is 2.74. The minimum atomic E-state index is -0.827. The molecule has 2 rings (SSSR count). The van der Waals surface area contributed by atoms with Gasteiger partial charge in [-0.1, -0.05) is 0 Å². The van der Waals surface area contributed by atoms with E-state index in [9.17, 15) is 14.9 Å². The SMILES string of the molecule is COC(=O)C(C)Oc1ccc([N+](=O)[O-])c2cccnc12. The van der Waals surface area contributed by atoms with E-state index in [1.807, 2.05) is 0 Å². The van der Waals surface area contributed by atoms with Crippen molar-refractivity contribution >= 4 is 22.6 Å². The van der Waals surface area contributed by atoms with Crippen molar-refractivity contribution in [3.8, 4) is 5.75 Å². The molecular weight excluding hydrogens is 264 g/mol. The summed E-state index contributed by atoms with van der Waals surface area (Å²) in [4.78, 5) is 25.9. The molecule has 0 aliphatic rings. The van der Waals surface area contributed by atoms with Gasteiger partial charge in [-0.3, -0.25) is 15.1 Å². The third kappa shape index (κ3) is 2.51. The molecule has 0 amide bonds. The second kappa shape index (κ2) is 5.52. The molecule has 0 saturated carbocycles. The molecule has 1 aromatic carbocycles. The Balaban J connectivity index is 2.48. The van der Waals surface area contributed by atoms with Crippen molar-refractivity contribution in [3.05, 3.63) is 40.6 Å². The number of ether oxygens (including phenoxy) is 2. The number of esters is 1. The molecule has 1 heterocycles. The lowest BCUT2D eigenvalue weighted by atomic mass is 10.1. The Morgan fingerprint density at radius 2 is 2.15 bits per heavy atom. The normalized spacial score (nSPS) is 11.9. The number of rotatable bonds is 4. The second-order valence-corrected chi connectivity index (χ2v) is 4.02. The zero-order valence-electron chi connectivity index (χ0n) is 10.9. The average Bonchev–Trinajstić information content (AvgIpc) is 2.46. The fourth-order valence-corrected chi connectivity index (χ4v) is 1.79. The monoisotopic (exact) mass is 276 g/mol. The van der Waals surface area contributed by atoms with Crippen molar-refractivity contribution in [2.45, 2.75) is 13.0 Å². The van der Waals surface area contributed by atoms with Crippen LogP contribution in [0.4, 0.5) is 5.69 Å². The molecule has 2 aromatic rings. The molecule has 1 atom stereocenters. The predicted octanol–water partition coefficient (Wildman–Crippen LogP) is 2.08. The highest BCUT2D eigenvalue weighted by Gasteiger charge is 2.20. The van der Waals surface area contributed by atoms with Crippen LogP contribution in [0.25, 0.3) is 10.9 Å². The first-order chi connectivity index (χ1) is 9.54. The number of hydrogen-bond acceptors (Lipinski definition) is 6. The smallest absolute Gasteiger partial charge is 0.346 e. The van der Waals surface area contributed by atoms with Crippen LogP contribution in [-0.2, 0) is 9.53 Å². The number of pyridine rings is 1. The van der Waals surface area contributed by atoms with Gasteiger partial charge in [-0.15, -0.1) is 0 Å². The fraction of sp³-hybridized carbons (Fsp3) is 0.231. The molecule has 104 valence electrons. The van der Waals surface area contributed by atoms with Crippen LogP contribution in [0.15, 0.2) is 30.5 Å². The quantitative estimate of drug-likeness (QED) is 0.482. The van der Waals surface area contributed by atoms with Gasteiger partial charge < -0.3 is 9.47 Å². The molecule has 7 heteroatoms. The van der Waals surface area contributed by atoms with Crippen LogP contribution in [0.1, 0.15) is 6.92 Å². The lowest BCUT2D eigenvalue weighted by molar-refractivity contribution is -0.383. The van der Waals surface area contributed by atoms with Crippen molar-refractivity contribution in [3.63, 3.8) is 0 Å². The zero-order valence-corrected chi connectivity index (χ0v) is 10.9. The molecule has 20 heavy (non-hydrogen) atoms. The van der Waals surface area contributed by atoms with Gasteiger partial charge >= 0.3 is 5.97 Å². The minimum Gasteiger partial charge on any atom is -0.477 e. The molecule has 0 spiro atoms. The number of nitro benzene ring substituents is 1. The van der Waals surface area contributed by atoms with E-state index in [1.165, 1.54) is 32.4 Å². The van der Waals surface area contributed by atoms with E-state index in [4.69, 9.17) is 4.74 Å². The maximum atomic E-state index is 11.4. The molecule has 0 radical (unpaired) electrons. The summed E-state index contributed by atoms with van der Waals surface area (Å²) in [5, 5.41) is 11.3. The number of methoxy groups -OCH3 is 1. The molecule has 0 aliphatic carbocycles. The summed E-state index contributed by atoms with van der Waals surface area (Å²) in [7, 11) is 1.26. The van der Waals surface area contributed by atoms with E-state index < -0.39 is 17.0 Å². The molecule has 7 nitrogen and oxygen atoms in total. The van der Waals surface area contributed by atoms with Gasteiger partial charge in [0, 0.05) is 12.3 Å². The van der Waals surface area contributed by atoms with Gasteiger partial charge in [0.1, 0.15) is 11.3 Å². The van der Waals surface area contributed by atoms with E-state index in [1.54, 1.807) is 12.1 Å². The van der Waals surface area contributed by atoms with Crippen LogP contribution in [-0.4, -0.2) is 29.1 Å². The number of fused-ring (bicyclic) bond motifs is 1. The van der Waals surface area contributed by atoms with Crippen LogP contribution in [0, 0.1) is 10.1 Å². The Labute approximate surface area is 114 Å². The number of benzene rings is 1. The average molecular weight is 276 g/mol. The predicted molar refractivity (Wildman–Crippen MR) is 70.5 cm³/mol. The van der Waals surface area contributed by atoms with Crippen LogP contribution < -0.4 is 4.74 Å². The largest absolute Gasteiger partial charge is 0.477 e. The Hall–Kier alpha value is -2.70. The molecule has 0 saturated heterocycles. The summed E-state index contributed by atoms with van der Waals surface area (Å²) in [5.74, 6) is -0.239. The standard InChI is InChI=1S/C13H12N2O5/c1-8(13(16)19-2)20-11-6-5-10(15(17)18)9-4-3-7-14-12(9)11/h3-8H,1-2H3. The Bertz CT molecular complexity index is 671. The van der Waals surface area contributed by atoms with Gasteiger partial charge in [-0.05, 0) is 25.1 Å². The van der Waals surface area contributed by atoms with Crippen molar-refractivity contribution in [2.75, 3.05) is 7.11 Å². The first-order valence-corrected chi connectivity index (χ1v) is 5.81. The topological polar surface area (TPSA) is 91.6 Å². The van der Waals surface area contributed by atoms with Crippen LogP contribution >= 0.6 is 0 Å². The molecule has 0 aliphatic heterocycles. The number of nitrogens with zero attached hydrogens (tertiary/aromatic N) is 2. The lowest BCUT2D eigenvalue weighted by Gasteiger charge is -2.13. The van der Waals surface area contributed by atoms with E-state index in [-0.39, 0.29) is 5.69 Å². The number of nitro groups is 1. The Morgan fingerprint density at radius 1 is 1.40 bits per heavy atom. The number of carbonyl (C=O) groups excluding carboxylic acids is 1. The maximum absolute atomic E-state index is 11.4. The first kappa shape index (κ1) is 13.7. The summed E-state index contributed by atoms with van der Waals surface area (Å²) in [6.45, 7) is 1.53. The Kier molecular flexibility index (Phi) is 3.79. The van der Waals surface area contributed by atoms with Crippen molar-refractivity contribution in [1.82, 2.24) is 4.98 Å². The minimum absolute atomic E-state index is 0.0637. The van der Waals surface area contributed by atoms with E-state index in [2.05, 4.69) is 9.72 Å². The molecule has 1 unspecified atom stereocenters. The zero-order chi connectivity index (χ0) is 14.7. The molecular formula is C13H12N2O5. The summed E-state index contributed by atoms with van der Waals surface area (Å²) in [5.41, 5.74) is 0.267. The molecule has 1 aromatic heterocycles. The van der Waals surface area contributed by atoms with Gasteiger partial charge in [-0.2, -0.15) is 0 Å². The highest BCUT2D eigenvalue weighted by Crippen LogP contribution is 2.31. The molecule has 0 bridgehead atoms. The number of non-ortho nitro benzene ring substituents is 1. The molecule has 0 fully saturated rings. The van der Waals surface area contributed by atoms with Crippen molar-refractivity contribution in [2.24, 2.45) is 0 Å². The highest BCUT2D eigenvalue weighted by atomic mass is 16.6. The van der Waals surface area contributed by atoms with Gasteiger partial charge in [-0.25, -0.2) is 4.79 Å². The summed E-state index contributed by atoms with van der Waals surface area (Å²) in [6.07, 6.45) is 0.675. The van der Waals surface area contributed by atoms with Gasteiger partial charge in [0.05, 0.1) is 17.4 Å². The number of carbonyl (C=O) groups is 1. The van der Waals surface area contributed by atoms with E-state index in [0.717, 1.165) is 0 Å². The van der Waals surface area contributed by atoms with Crippen molar-refractivity contribution in [1.29, 1.82) is 0 Å². The summed E-state index contributed by atoms with van der Waals surface area (Å²) >= 11 is 0. The Morgan fingerprint density at radius 3 is 2.80 bits per heavy atom. The summed E-state index contributed by atoms with van der Waals surface area (Å²) in [6, 6.07) is 5.93. The van der Waals surface area contributed by atoms with Gasteiger partial charge in [0.2, 0.25) is 0 Å². The number of aromatic nitrogens is 1. The van der Waals surface area contributed by atoms with Gasteiger partial charge in [0.25, 0.3) is 5.69 Å². The second-order valence-electron chi connectivity index (χ2n) is 4.02. The maximum Gasteiger partial charge on any atom is 0.346 e. The third-order valence-electron chi connectivity index (χ3n) is 2.74. The molecule has 0 N–H and O–H groups in total. The van der Waals surface area contributed by atoms with Crippen LogP contribution in [0.5, 0.6) is 5.75 Å². The summed E-state index contributed by atoms with van der Waals surface area (Å²) < 4.78 is 10.0. The van der Waals surface area contributed by atoms with Crippen LogP contribution in [0.2, 0.25) is 0 Å². The first-order valence-electron chi connectivity index (χ1n) is 5.81. The van der Waals surface area contributed by atoms with E-state index in [0.29, 0.717) is 16.7 Å². The van der Waals surface area contributed by atoms with Gasteiger partial charge in [0.15, 0.2) is 6.10 Å². The van der Waals surface area contributed by atoms with E-state index >= 15 is 0 Å². The van der Waals surface area contributed by atoms with Crippen LogP contribution in [0.3, 0.4) is 0 Å². The fourth-order valence-electron chi connectivity index (χ4n) is 1.79.